The summed E-state index contributed by atoms with van der Waals surface area (Å²) < 4.78 is 0. The summed E-state index contributed by atoms with van der Waals surface area (Å²) >= 11 is 1.78. The lowest BCUT2D eigenvalue weighted by molar-refractivity contribution is 0.0985. The number of hydrogen-bond acceptors (Lipinski definition) is 2. The second kappa shape index (κ2) is 4.62. The van der Waals surface area contributed by atoms with Crippen molar-refractivity contribution in [2.75, 3.05) is 0 Å². The molecule has 2 rings (SSSR count). The van der Waals surface area contributed by atoms with Crippen molar-refractivity contribution in [2.24, 2.45) is 0 Å². The molecular weight excluding hydrogens is 216 g/mol. The minimum absolute atomic E-state index is 0.176. The number of carbonyl (C=O) groups excluding carboxylic acids is 1. The normalized spacial score (nSPS) is 20.0. The van der Waals surface area contributed by atoms with Crippen molar-refractivity contribution in [3.63, 3.8) is 0 Å². The molecule has 0 aliphatic carbocycles. The van der Waals surface area contributed by atoms with Crippen LogP contribution in [-0.2, 0) is 5.75 Å². The van der Waals surface area contributed by atoms with Crippen LogP contribution in [-0.4, -0.2) is 11.0 Å². The lowest BCUT2D eigenvalue weighted by Crippen LogP contribution is -2.22. The molecule has 1 aromatic carbocycles. The number of Topliss-reactive ketones (excluding diaryl/α,β-unsaturated/α-hetero) is 1. The van der Waals surface area contributed by atoms with Crippen LogP contribution in [0.25, 0.3) is 0 Å². The monoisotopic (exact) mass is 234 g/mol. The van der Waals surface area contributed by atoms with Crippen LogP contribution in [0.4, 0.5) is 0 Å². The standard InChI is InChI=1S/C14H18OS/c1-4-13-14(15)12-7-10(9(2)3)5-6-11(12)8-16-13/h5-7,9,13H,4,8H2,1-3H3. The molecule has 0 amide bonds. The smallest absolute Gasteiger partial charge is 0.176 e. The van der Waals surface area contributed by atoms with Gasteiger partial charge in [0.2, 0.25) is 0 Å². The predicted octanol–water partition coefficient (Wildman–Crippen LogP) is 4.02. The maximum atomic E-state index is 12.2. The topological polar surface area (TPSA) is 17.1 Å². The first-order chi connectivity index (χ1) is 7.63. The van der Waals surface area contributed by atoms with Crippen molar-refractivity contribution in [3.8, 4) is 0 Å². The second-order valence-electron chi connectivity index (χ2n) is 4.64. The minimum atomic E-state index is 0.176. The van der Waals surface area contributed by atoms with Gasteiger partial charge < -0.3 is 0 Å². The van der Waals surface area contributed by atoms with Gasteiger partial charge in [-0.1, -0.05) is 32.9 Å². The summed E-state index contributed by atoms with van der Waals surface area (Å²) in [6.45, 7) is 6.43. The van der Waals surface area contributed by atoms with Gasteiger partial charge >= 0.3 is 0 Å². The molecule has 0 spiro atoms. The molecule has 1 heterocycles. The summed E-state index contributed by atoms with van der Waals surface area (Å²) in [4.78, 5) is 12.2. The fourth-order valence-electron chi connectivity index (χ4n) is 2.05. The molecule has 2 heteroatoms. The van der Waals surface area contributed by atoms with Crippen molar-refractivity contribution >= 4 is 17.5 Å². The van der Waals surface area contributed by atoms with E-state index < -0.39 is 0 Å². The summed E-state index contributed by atoms with van der Waals surface area (Å²) in [5.74, 6) is 1.81. The van der Waals surface area contributed by atoms with Crippen LogP contribution in [0.15, 0.2) is 18.2 Å². The molecule has 1 atom stereocenters. The number of carbonyl (C=O) groups is 1. The highest BCUT2D eigenvalue weighted by Gasteiger charge is 2.26. The molecule has 0 radical (unpaired) electrons. The molecule has 0 fully saturated rings. The van der Waals surface area contributed by atoms with Crippen molar-refractivity contribution in [1.82, 2.24) is 0 Å². The number of hydrogen-bond donors (Lipinski definition) is 0. The molecule has 1 aliphatic heterocycles. The van der Waals surface area contributed by atoms with E-state index in [2.05, 4.69) is 39.0 Å². The van der Waals surface area contributed by atoms with Gasteiger partial charge in [-0.2, -0.15) is 0 Å². The van der Waals surface area contributed by atoms with Crippen LogP contribution in [0.1, 0.15) is 54.6 Å². The van der Waals surface area contributed by atoms with Crippen LogP contribution in [0.2, 0.25) is 0 Å². The Morgan fingerprint density at radius 3 is 2.81 bits per heavy atom. The molecule has 1 nitrogen and oxygen atoms in total. The van der Waals surface area contributed by atoms with E-state index in [1.807, 2.05) is 0 Å². The Kier molecular flexibility index (Phi) is 3.38. The van der Waals surface area contributed by atoms with Crippen molar-refractivity contribution < 1.29 is 4.79 Å². The lowest BCUT2D eigenvalue weighted by Gasteiger charge is -2.23. The molecule has 1 aromatic rings. The molecule has 86 valence electrons. The van der Waals surface area contributed by atoms with Crippen LogP contribution < -0.4 is 0 Å². The second-order valence-corrected chi connectivity index (χ2v) is 5.83. The molecule has 0 N–H and O–H groups in total. The average molecular weight is 234 g/mol. The molecule has 1 aliphatic rings. The number of rotatable bonds is 2. The van der Waals surface area contributed by atoms with E-state index in [0.29, 0.717) is 11.7 Å². The predicted molar refractivity (Wildman–Crippen MR) is 70.2 cm³/mol. The zero-order valence-corrected chi connectivity index (χ0v) is 10.9. The third kappa shape index (κ3) is 2.03. The Labute approximate surface area is 102 Å². The van der Waals surface area contributed by atoms with Gasteiger partial charge in [-0.25, -0.2) is 0 Å². The van der Waals surface area contributed by atoms with E-state index in [1.165, 1.54) is 11.1 Å². The lowest BCUT2D eigenvalue weighted by atomic mass is 9.94. The highest BCUT2D eigenvalue weighted by atomic mass is 32.2. The summed E-state index contributed by atoms with van der Waals surface area (Å²) in [6.07, 6.45) is 0.939. The van der Waals surface area contributed by atoms with Crippen molar-refractivity contribution in [2.45, 2.75) is 44.1 Å². The zero-order valence-electron chi connectivity index (χ0n) is 10.1. The number of ketones is 1. The van der Waals surface area contributed by atoms with E-state index >= 15 is 0 Å². The zero-order chi connectivity index (χ0) is 11.7. The molecule has 0 saturated carbocycles. The number of benzene rings is 1. The van der Waals surface area contributed by atoms with Gasteiger partial charge in [-0.05, 0) is 29.5 Å². The first-order valence-corrected chi connectivity index (χ1v) is 6.97. The van der Waals surface area contributed by atoms with E-state index in [1.54, 1.807) is 11.8 Å². The van der Waals surface area contributed by atoms with Gasteiger partial charge in [0.25, 0.3) is 0 Å². The van der Waals surface area contributed by atoms with E-state index in [-0.39, 0.29) is 5.25 Å². The number of thioether (sulfide) groups is 1. The molecular formula is C14H18OS. The Hall–Kier alpha value is -0.760. The first kappa shape index (κ1) is 11.7. The molecule has 0 bridgehead atoms. The third-order valence-corrected chi connectivity index (χ3v) is 4.60. The average Bonchev–Trinajstić information content (AvgIpc) is 2.29. The fraction of sp³-hybridized carbons (Fsp3) is 0.500. The van der Waals surface area contributed by atoms with E-state index in [0.717, 1.165) is 17.7 Å². The van der Waals surface area contributed by atoms with Crippen LogP contribution in [0, 0.1) is 0 Å². The summed E-state index contributed by atoms with van der Waals surface area (Å²) in [7, 11) is 0. The molecule has 0 saturated heterocycles. The Bertz CT molecular complexity index is 409. The SMILES string of the molecule is CCC1SCc2ccc(C(C)C)cc2C1=O. The summed E-state index contributed by atoms with van der Waals surface area (Å²) in [6, 6.07) is 6.38. The maximum absolute atomic E-state index is 12.2. The van der Waals surface area contributed by atoms with Gasteiger partial charge in [-0.3, -0.25) is 4.79 Å². The Morgan fingerprint density at radius 2 is 2.19 bits per heavy atom. The third-order valence-electron chi connectivity index (χ3n) is 3.17. The fourth-order valence-corrected chi connectivity index (χ4v) is 3.20. The van der Waals surface area contributed by atoms with E-state index in [4.69, 9.17) is 0 Å². The Balaban J connectivity index is 2.41. The van der Waals surface area contributed by atoms with Gasteiger partial charge in [0, 0.05) is 11.3 Å². The summed E-state index contributed by atoms with van der Waals surface area (Å²) in [5.41, 5.74) is 3.45. The number of fused-ring (bicyclic) bond motifs is 1. The molecule has 16 heavy (non-hydrogen) atoms. The van der Waals surface area contributed by atoms with E-state index in [9.17, 15) is 4.79 Å². The van der Waals surface area contributed by atoms with Crippen molar-refractivity contribution in [1.29, 1.82) is 0 Å². The Morgan fingerprint density at radius 1 is 1.44 bits per heavy atom. The maximum Gasteiger partial charge on any atom is 0.176 e. The van der Waals surface area contributed by atoms with Gasteiger partial charge in [0.15, 0.2) is 5.78 Å². The first-order valence-electron chi connectivity index (χ1n) is 5.92. The summed E-state index contributed by atoms with van der Waals surface area (Å²) in [5, 5.41) is 0.176. The van der Waals surface area contributed by atoms with Crippen molar-refractivity contribution in [3.05, 3.63) is 34.9 Å². The molecule has 0 aromatic heterocycles. The highest BCUT2D eigenvalue weighted by Crippen LogP contribution is 2.33. The van der Waals surface area contributed by atoms with Crippen LogP contribution in [0.3, 0.4) is 0 Å². The van der Waals surface area contributed by atoms with Crippen LogP contribution >= 0.6 is 11.8 Å². The van der Waals surface area contributed by atoms with Gasteiger partial charge in [-0.15, -0.1) is 11.8 Å². The molecule has 1 unspecified atom stereocenters. The largest absolute Gasteiger partial charge is 0.293 e. The van der Waals surface area contributed by atoms with Gasteiger partial charge in [0.1, 0.15) is 0 Å². The van der Waals surface area contributed by atoms with Crippen LogP contribution in [0.5, 0.6) is 0 Å². The van der Waals surface area contributed by atoms with Gasteiger partial charge in [0.05, 0.1) is 5.25 Å². The minimum Gasteiger partial charge on any atom is -0.293 e. The quantitative estimate of drug-likeness (QED) is 0.769. The highest BCUT2D eigenvalue weighted by molar-refractivity contribution is 8.00.